The summed E-state index contributed by atoms with van der Waals surface area (Å²) in [6, 6.07) is 14.5. The van der Waals surface area contributed by atoms with Gasteiger partial charge in [0.05, 0.1) is 6.54 Å². The summed E-state index contributed by atoms with van der Waals surface area (Å²) in [5.41, 5.74) is 9.08. The second-order valence-corrected chi connectivity index (χ2v) is 5.62. The van der Waals surface area contributed by atoms with E-state index < -0.39 is 0 Å². The molecule has 0 saturated carbocycles. The number of hydrogen-bond acceptors (Lipinski definition) is 2. The molecule has 0 heterocycles. The third-order valence-corrected chi connectivity index (χ3v) is 3.45. The van der Waals surface area contributed by atoms with Crippen LogP contribution in [0.25, 0.3) is 0 Å². The van der Waals surface area contributed by atoms with Crippen LogP contribution in [-0.2, 0) is 6.54 Å². The van der Waals surface area contributed by atoms with Crippen molar-refractivity contribution >= 4 is 35.6 Å². The van der Waals surface area contributed by atoms with Gasteiger partial charge in [-0.1, -0.05) is 29.8 Å². The van der Waals surface area contributed by atoms with E-state index in [1.165, 1.54) is 17.7 Å². The molecule has 4 nitrogen and oxygen atoms in total. The molecule has 130 valence electrons. The standard InChI is InChI=1S/C18H23FN4.HI/c1-14-3-9-17(10-4-14)22-18(20)21-11-12-23(2)13-15-5-7-16(19)8-6-15;/h3-10H,11-13H2,1-2H3,(H3,20,21,22);1H. The Bertz CT molecular complexity index is 641. The van der Waals surface area contributed by atoms with Crippen molar-refractivity contribution in [3.63, 3.8) is 0 Å². The van der Waals surface area contributed by atoms with E-state index in [1.54, 1.807) is 12.1 Å². The topological polar surface area (TPSA) is 53.6 Å². The minimum absolute atomic E-state index is 0. The van der Waals surface area contributed by atoms with Gasteiger partial charge in [0.25, 0.3) is 0 Å². The van der Waals surface area contributed by atoms with Crippen LogP contribution in [0.15, 0.2) is 53.5 Å². The maximum Gasteiger partial charge on any atom is 0.193 e. The van der Waals surface area contributed by atoms with Crippen LogP contribution in [0, 0.1) is 12.7 Å². The Morgan fingerprint density at radius 2 is 1.75 bits per heavy atom. The van der Waals surface area contributed by atoms with Crippen molar-refractivity contribution in [1.82, 2.24) is 4.90 Å². The van der Waals surface area contributed by atoms with Crippen LogP contribution in [0.5, 0.6) is 0 Å². The Morgan fingerprint density at radius 1 is 1.12 bits per heavy atom. The molecule has 0 bridgehead atoms. The average molecular weight is 442 g/mol. The van der Waals surface area contributed by atoms with Crippen molar-refractivity contribution in [2.45, 2.75) is 13.5 Å². The second-order valence-electron chi connectivity index (χ2n) is 5.62. The fourth-order valence-corrected chi connectivity index (χ4v) is 2.15. The number of likely N-dealkylation sites (N-methyl/N-ethyl adjacent to an activating group) is 1. The molecule has 2 aromatic rings. The number of nitrogens with one attached hydrogen (secondary N) is 1. The summed E-state index contributed by atoms with van der Waals surface area (Å²) in [7, 11) is 2.00. The molecule has 0 radical (unpaired) electrons. The van der Waals surface area contributed by atoms with E-state index in [1.807, 2.05) is 38.2 Å². The summed E-state index contributed by atoms with van der Waals surface area (Å²) in [4.78, 5) is 6.44. The van der Waals surface area contributed by atoms with Crippen LogP contribution in [0.2, 0.25) is 0 Å². The normalized spacial score (nSPS) is 11.2. The summed E-state index contributed by atoms with van der Waals surface area (Å²) < 4.78 is 12.9. The van der Waals surface area contributed by atoms with Gasteiger partial charge in [0.1, 0.15) is 5.82 Å². The summed E-state index contributed by atoms with van der Waals surface area (Å²) >= 11 is 0. The van der Waals surface area contributed by atoms with Crippen LogP contribution in [0.4, 0.5) is 10.1 Å². The van der Waals surface area contributed by atoms with Crippen molar-refractivity contribution in [2.75, 3.05) is 25.5 Å². The fraction of sp³-hybridized carbons (Fsp3) is 0.278. The number of aryl methyl sites for hydroxylation is 1. The average Bonchev–Trinajstić information content (AvgIpc) is 2.52. The molecule has 2 aromatic carbocycles. The molecule has 0 aliphatic rings. The van der Waals surface area contributed by atoms with Gasteiger partial charge >= 0.3 is 0 Å². The number of rotatable bonds is 6. The zero-order valence-electron chi connectivity index (χ0n) is 14.0. The number of hydrogen-bond donors (Lipinski definition) is 2. The second kappa shape index (κ2) is 10.2. The van der Waals surface area contributed by atoms with E-state index in [0.29, 0.717) is 12.5 Å². The van der Waals surface area contributed by atoms with Crippen molar-refractivity contribution in [3.05, 3.63) is 65.5 Å². The van der Waals surface area contributed by atoms with Gasteiger partial charge in [0.2, 0.25) is 0 Å². The highest BCUT2D eigenvalue weighted by molar-refractivity contribution is 14.0. The molecule has 0 spiro atoms. The lowest BCUT2D eigenvalue weighted by molar-refractivity contribution is 0.336. The van der Waals surface area contributed by atoms with Crippen LogP contribution < -0.4 is 11.1 Å². The van der Waals surface area contributed by atoms with E-state index in [0.717, 1.165) is 24.3 Å². The molecule has 2 rings (SSSR count). The molecular formula is C18H24FIN4. The Balaban J connectivity index is 0.00000288. The van der Waals surface area contributed by atoms with Gasteiger partial charge in [-0.05, 0) is 43.8 Å². The maximum absolute atomic E-state index is 12.9. The van der Waals surface area contributed by atoms with E-state index >= 15 is 0 Å². The molecule has 0 amide bonds. The summed E-state index contributed by atoms with van der Waals surface area (Å²) in [5, 5.41) is 3.07. The first-order valence-electron chi connectivity index (χ1n) is 7.59. The van der Waals surface area contributed by atoms with E-state index in [9.17, 15) is 4.39 Å². The molecule has 0 aliphatic heterocycles. The lowest BCUT2D eigenvalue weighted by Gasteiger charge is -2.15. The van der Waals surface area contributed by atoms with Crippen molar-refractivity contribution in [3.8, 4) is 0 Å². The third kappa shape index (κ3) is 7.27. The molecule has 0 atom stereocenters. The first-order valence-corrected chi connectivity index (χ1v) is 7.59. The molecule has 3 N–H and O–H groups in total. The van der Waals surface area contributed by atoms with Crippen LogP contribution in [0.1, 0.15) is 11.1 Å². The lowest BCUT2D eigenvalue weighted by atomic mass is 10.2. The first kappa shape index (κ1) is 20.4. The molecule has 0 aliphatic carbocycles. The Kier molecular flexibility index (Phi) is 8.70. The minimum Gasteiger partial charge on any atom is -0.370 e. The Labute approximate surface area is 160 Å². The molecule has 6 heteroatoms. The minimum atomic E-state index is -0.212. The number of nitrogens with two attached hydrogens (primary N) is 1. The largest absolute Gasteiger partial charge is 0.370 e. The summed E-state index contributed by atoms with van der Waals surface area (Å²) in [6.07, 6.45) is 0. The van der Waals surface area contributed by atoms with Crippen molar-refractivity contribution in [2.24, 2.45) is 10.7 Å². The maximum atomic E-state index is 12.9. The predicted octanol–water partition coefficient (Wildman–Crippen LogP) is 3.61. The fourth-order valence-electron chi connectivity index (χ4n) is 2.15. The van der Waals surface area contributed by atoms with Crippen molar-refractivity contribution in [1.29, 1.82) is 0 Å². The lowest BCUT2D eigenvalue weighted by Crippen LogP contribution is -2.26. The van der Waals surface area contributed by atoms with Gasteiger partial charge in [-0.15, -0.1) is 24.0 Å². The highest BCUT2D eigenvalue weighted by Gasteiger charge is 2.01. The zero-order valence-corrected chi connectivity index (χ0v) is 16.3. The van der Waals surface area contributed by atoms with E-state index in [4.69, 9.17) is 5.73 Å². The third-order valence-electron chi connectivity index (χ3n) is 3.45. The molecule has 0 unspecified atom stereocenters. The number of halogens is 2. The summed E-state index contributed by atoms with van der Waals surface area (Å²) in [5.74, 6) is 0.194. The quantitative estimate of drug-likeness (QED) is 0.409. The number of nitrogens with zero attached hydrogens (tertiary/aromatic N) is 2. The van der Waals surface area contributed by atoms with Gasteiger partial charge in [0, 0.05) is 18.8 Å². The highest BCUT2D eigenvalue weighted by Crippen LogP contribution is 2.08. The smallest absolute Gasteiger partial charge is 0.193 e. The molecule has 0 fully saturated rings. The first-order chi connectivity index (χ1) is 11.0. The number of aliphatic imine (C=N–C) groups is 1. The molecule has 0 aromatic heterocycles. The Hall–Kier alpha value is -1.67. The number of anilines is 1. The van der Waals surface area contributed by atoms with Gasteiger partial charge in [-0.2, -0.15) is 0 Å². The van der Waals surface area contributed by atoms with Crippen molar-refractivity contribution < 1.29 is 4.39 Å². The Morgan fingerprint density at radius 3 is 2.38 bits per heavy atom. The van der Waals surface area contributed by atoms with Crippen LogP contribution >= 0.6 is 24.0 Å². The van der Waals surface area contributed by atoms with Gasteiger partial charge in [0.15, 0.2) is 5.96 Å². The molecule has 24 heavy (non-hydrogen) atoms. The van der Waals surface area contributed by atoms with E-state index in [-0.39, 0.29) is 29.8 Å². The SMILES string of the molecule is Cc1ccc(NC(N)=NCCN(C)Cc2ccc(F)cc2)cc1.I. The van der Waals surface area contributed by atoms with Gasteiger partial charge < -0.3 is 16.0 Å². The predicted molar refractivity (Wildman–Crippen MR) is 109 cm³/mol. The van der Waals surface area contributed by atoms with Crippen LogP contribution in [-0.4, -0.2) is 31.0 Å². The molecular weight excluding hydrogens is 418 g/mol. The summed E-state index contributed by atoms with van der Waals surface area (Å²) in [6.45, 7) is 4.16. The van der Waals surface area contributed by atoms with Crippen LogP contribution in [0.3, 0.4) is 0 Å². The van der Waals surface area contributed by atoms with Gasteiger partial charge in [-0.3, -0.25) is 4.99 Å². The number of benzene rings is 2. The molecule has 0 saturated heterocycles. The van der Waals surface area contributed by atoms with Gasteiger partial charge in [-0.25, -0.2) is 4.39 Å². The van der Waals surface area contributed by atoms with E-state index in [2.05, 4.69) is 15.2 Å². The highest BCUT2D eigenvalue weighted by atomic mass is 127. The monoisotopic (exact) mass is 442 g/mol. The number of guanidine groups is 1. The zero-order chi connectivity index (χ0) is 16.7.